The Morgan fingerprint density at radius 2 is 2.28 bits per heavy atom. The second-order valence-corrected chi connectivity index (χ2v) is 4.75. The number of nitrogens with zero attached hydrogens (tertiary/aromatic N) is 3. The molecular formula is C13H17ClN4. The van der Waals surface area contributed by atoms with Gasteiger partial charge in [-0.25, -0.2) is 0 Å². The number of benzene rings is 1. The van der Waals surface area contributed by atoms with Crippen LogP contribution in [0.15, 0.2) is 30.5 Å². The Labute approximate surface area is 112 Å². The number of hydrogen-bond acceptors (Lipinski definition) is 3. The Morgan fingerprint density at radius 1 is 1.44 bits per heavy atom. The molecule has 0 aliphatic heterocycles. The number of halogens is 1. The molecule has 0 aliphatic carbocycles. The number of hydrogen-bond donors (Lipinski definition) is 1. The lowest BCUT2D eigenvalue weighted by Crippen LogP contribution is -2.27. The third kappa shape index (κ3) is 3.01. The van der Waals surface area contributed by atoms with Gasteiger partial charge < -0.3 is 4.90 Å². The van der Waals surface area contributed by atoms with E-state index in [1.807, 2.05) is 24.4 Å². The molecule has 0 radical (unpaired) electrons. The predicted octanol–water partition coefficient (Wildman–Crippen LogP) is 3.09. The lowest BCUT2D eigenvalue weighted by Gasteiger charge is -2.26. The molecule has 0 amide bonds. The van der Waals surface area contributed by atoms with Crippen LogP contribution in [0.4, 0.5) is 5.69 Å². The molecule has 96 valence electrons. The standard InChI is InChI=1S/C13H17ClN4/c1-3-18(12-6-4-5-11(14)7-12)9-10(2)13-8-15-17-16-13/h4-8,10H,3,9H2,1-2H3,(H,15,16,17). The minimum atomic E-state index is 0.322. The van der Waals surface area contributed by atoms with E-state index in [2.05, 4.69) is 40.2 Å². The van der Waals surface area contributed by atoms with Gasteiger partial charge in [-0.1, -0.05) is 29.8 Å². The highest BCUT2D eigenvalue weighted by Gasteiger charge is 2.13. The second-order valence-electron chi connectivity index (χ2n) is 4.32. The Balaban J connectivity index is 2.10. The van der Waals surface area contributed by atoms with Gasteiger partial charge in [0.1, 0.15) is 0 Å². The largest absolute Gasteiger partial charge is 0.371 e. The van der Waals surface area contributed by atoms with Crippen LogP contribution < -0.4 is 4.90 Å². The van der Waals surface area contributed by atoms with E-state index in [-0.39, 0.29) is 0 Å². The topological polar surface area (TPSA) is 44.8 Å². The minimum absolute atomic E-state index is 0.322. The molecule has 1 unspecified atom stereocenters. The number of rotatable bonds is 5. The van der Waals surface area contributed by atoms with Crippen LogP contribution in [-0.2, 0) is 0 Å². The van der Waals surface area contributed by atoms with Crippen molar-refractivity contribution in [2.24, 2.45) is 0 Å². The molecule has 1 heterocycles. The SMILES string of the molecule is CCN(CC(C)c1c[nH]nn1)c1cccc(Cl)c1. The third-order valence-corrected chi connectivity index (χ3v) is 3.22. The summed E-state index contributed by atoms with van der Waals surface area (Å²) >= 11 is 6.03. The minimum Gasteiger partial charge on any atom is -0.371 e. The van der Waals surface area contributed by atoms with Crippen LogP contribution in [0.3, 0.4) is 0 Å². The van der Waals surface area contributed by atoms with Crippen molar-refractivity contribution in [1.82, 2.24) is 15.4 Å². The van der Waals surface area contributed by atoms with Crippen LogP contribution in [0, 0.1) is 0 Å². The van der Waals surface area contributed by atoms with Gasteiger partial charge in [-0.2, -0.15) is 0 Å². The van der Waals surface area contributed by atoms with Crippen LogP contribution in [0.1, 0.15) is 25.5 Å². The van der Waals surface area contributed by atoms with Gasteiger partial charge in [0.15, 0.2) is 0 Å². The lowest BCUT2D eigenvalue weighted by atomic mass is 10.1. The maximum absolute atomic E-state index is 6.03. The van der Waals surface area contributed by atoms with Crippen LogP contribution in [-0.4, -0.2) is 28.5 Å². The van der Waals surface area contributed by atoms with Crippen LogP contribution in [0.5, 0.6) is 0 Å². The zero-order valence-electron chi connectivity index (χ0n) is 10.6. The van der Waals surface area contributed by atoms with Crippen LogP contribution >= 0.6 is 11.6 Å². The van der Waals surface area contributed by atoms with E-state index in [4.69, 9.17) is 11.6 Å². The van der Waals surface area contributed by atoms with Crippen molar-refractivity contribution in [3.63, 3.8) is 0 Å². The average Bonchev–Trinajstić information content (AvgIpc) is 2.89. The molecule has 18 heavy (non-hydrogen) atoms. The summed E-state index contributed by atoms with van der Waals surface area (Å²) < 4.78 is 0. The van der Waals surface area contributed by atoms with Gasteiger partial charge in [-0.05, 0) is 25.1 Å². The first-order chi connectivity index (χ1) is 8.70. The van der Waals surface area contributed by atoms with E-state index in [0.29, 0.717) is 5.92 Å². The summed E-state index contributed by atoms with van der Waals surface area (Å²) in [4.78, 5) is 2.28. The van der Waals surface area contributed by atoms with Gasteiger partial charge in [-0.3, -0.25) is 5.10 Å². The normalized spacial score (nSPS) is 12.4. The highest BCUT2D eigenvalue weighted by atomic mass is 35.5. The van der Waals surface area contributed by atoms with Crippen molar-refractivity contribution in [3.05, 3.63) is 41.2 Å². The summed E-state index contributed by atoms with van der Waals surface area (Å²) in [6.45, 7) is 6.10. The van der Waals surface area contributed by atoms with Crippen LogP contribution in [0.2, 0.25) is 5.02 Å². The van der Waals surface area contributed by atoms with Crippen molar-refractivity contribution < 1.29 is 0 Å². The highest BCUT2D eigenvalue weighted by molar-refractivity contribution is 6.30. The summed E-state index contributed by atoms with van der Waals surface area (Å²) in [6.07, 6.45) is 1.84. The van der Waals surface area contributed by atoms with Gasteiger partial charge in [0.25, 0.3) is 0 Å². The van der Waals surface area contributed by atoms with E-state index < -0.39 is 0 Å². The third-order valence-electron chi connectivity index (χ3n) is 2.99. The first-order valence-corrected chi connectivity index (χ1v) is 6.45. The zero-order valence-corrected chi connectivity index (χ0v) is 11.4. The molecule has 1 aromatic carbocycles. The zero-order chi connectivity index (χ0) is 13.0. The first kappa shape index (κ1) is 12.9. The molecule has 1 N–H and O–H groups in total. The molecule has 0 saturated carbocycles. The summed E-state index contributed by atoms with van der Waals surface area (Å²) in [5.41, 5.74) is 2.12. The number of aromatic amines is 1. The van der Waals surface area contributed by atoms with E-state index in [0.717, 1.165) is 29.5 Å². The molecular weight excluding hydrogens is 248 g/mol. The number of likely N-dealkylation sites (N-methyl/N-ethyl adjacent to an activating group) is 1. The van der Waals surface area contributed by atoms with Crippen LogP contribution in [0.25, 0.3) is 0 Å². The fourth-order valence-corrected chi connectivity index (χ4v) is 2.15. The van der Waals surface area contributed by atoms with Gasteiger partial charge in [0.05, 0.1) is 5.69 Å². The molecule has 4 nitrogen and oxygen atoms in total. The van der Waals surface area contributed by atoms with E-state index in [9.17, 15) is 0 Å². The molecule has 2 aromatic rings. The number of H-pyrrole nitrogens is 1. The fourth-order valence-electron chi connectivity index (χ4n) is 1.97. The number of anilines is 1. The van der Waals surface area contributed by atoms with Crippen molar-refractivity contribution in [2.75, 3.05) is 18.0 Å². The molecule has 0 bridgehead atoms. The molecule has 0 aliphatic rings. The lowest BCUT2D eigenvalue weighted by molar-refractivity contribution is 0.681. The smallest absolute Gasteiger partial charge is 0.0870 e. The molecule has 0 spiro atoms. The van der Waals surface area contributed by atoms with Crippen molar-refractivity contribution >= 4 is 17.3 Å². The van der Waals surface area contributed by atoms with Crippen molar-refractivity contribution in [1.29, 1.82) is 0 Å². The quantitative estimate of drug-likeness (QED) is 0.903. The maximum atomic E-state index is 6.03. The van der Waals surface area contributed by atoms with E-state index in [1.165, 1.54) is 0 Å². The Kier molecular flexibility index (Phi) is 4.20. The molecule has 2 rings (SSSR count). The Bertz CT molecular complexity index is 483. The van der Waals surface area contributed by atoms with Gasteiger partial charge in [0, 0.05) is 35.9 Å². The fraction of sp³-hybridized carbons (Fsp3) is 0.385. The monoisotopic (exact) mass is 264 g/mol. The van der Waals surface area contributed by atoms with Crippen molar-refractivity contribution in [3.8, 4) is 0 Å². The molecule has 0 fully saturated rings. The molecule has 0 saturated heterocycles. The van der Waals surface area contributed by atoms with E-state index >= 15 is 0 Å². The second kappa shape index (κ2) is 5.87. The predicted molar refractivity (Wildman–Crippen MR) is 74.1 cm³/mol. The number of nitrogens with one attached hydrogen (secondary N) is 1. The summed E-state index contributed by atoms with van der Waals surface area (Å²) in [7, 11) is 0. The average molecular weight is 265 g/mol. The summed E-state index contributed by atoms with van der Waals surface area (Å²) in [5, 5.41) is 11.3. The Hall–Kier alpha value is -1.55. The van der Waals surface area contributed by atoms with Gasteiger partial charge in [-0.15, -0.1) is 5.10 Å². The van der Waals surface area contributed by atoms with Gasteiger partial charge >= 0.3 is 0 Å². The van der Waals surface area contributed by atoms with Crippen molar-refractivity contribution in [2.45, 2.75) is 19.8 Å². The number of aromatic nitrogens is 3. The van der Waals surface area contributed by atoms with E-state index in [1.54, 1.807) is 0 Å². The molecule has 1 aromatic heterocycles. The maximum Gasteiger partial charge on any atom is 0.0870 e. The summed E-state index contributed by atoms with van der Waals surface area (Å²) in [6, 6.07) is 7.92. The highest BCUT2D eigenvalue weighted by Crippen LogP contribution is 2.22. The molecule has 5 heteroatoms. The first-order valence-electron chi connectivity index (χ1n) is 6.07. The molecule has 1 atom stereocenters. The summed E-state index contributed by atoms with van der Waals surface area (Å²) in [5.74, 6) is 0.322. The van der Waals surface area contributed by atoms with Gasteiger partial charge in [0.2, 0.25) is 0 Å². The Morgan fingerprint density at radius 3 is 2.89 bits per heavy atom.